The van der Waals surface area contributed by atoms with Gasteiger partial charge in [0.15, 0.2) is 0 Å². The van der Waals surface area contributed by atoms with E-state index in [9.17, 15) is 5.11 Å². The van der Waals surface area contributed by atoms with Crippen molar-refractivity contribution in [1.82, 2.24) is 0 Å². The molecular weight excluding hydrogens is 186 g/mol. The summed E-state index contributed by atoms with van der Waals surface area (Å²) in [7, 11) is 4.06. The maximum Gasteiger partial charge on any atom is 0.118 e. The fourth-order valence-electron chi connectivity index (χ4n) is 2.01. The predicted octanol–water partition coefficient (Wildman–Crippen LogP) is 3.06. The molecule has 0 aliphatic rings. The minimum Gasteiger partial charge on any atom is -0.508 e. The van der Waals surface area contributed by atoms with Crippen molar-refractivity contribution in [3.63, 3.8) is 0 Å². The third-order valence-electron chi connectivity index (χ3n) is 2.65. The van der Waals surface area contributed by atoms with Crippen molar-refractivity contribution in [3.8, 4) is 5.75 Å². The normalized spacial score (nSPS) is 11.6. The van der Waals surface area contributed by atoms with Gasteiger partial charge in [-0.1, -0.05) is 20.8 Å². The van der Waals surface area contributed by atoms with Crippen molar-refractivity contribution >= 4 is 5.69 Å². The number of aromatic hydroxyl groups is 1. The van der Waals surface area contributed by atoms with Crippen LogP contribution in [0.5, 0.6) is 5.75 Å². The van der Waals surface area contributed by atoms with E-state index in [-0.39, 0.29) is 5.41 Å². The molecule has 0 aromatic heterocycles. The van der Waals surface area contributed by atoms with Gasteiger partial charge in [0, 0.05) is 19.8 Å². The van der Waals surface area contributed by atoms with Crippen LogP contribution >= 0.6 is 0 Å². The van der Waals surface area contributed by atoms with Gasteiger partial charge in [0.1, 0.15) is 5.75 Å². The van der Waals surface area contributed by atoms with Gasteiger partial charge >= 0.3 is 0 Å². The van der Waals surface area contributed by atoms with Gasteiger partial charge in [0.2, 0.25) is 0 Å². The SMILES string of the molecule is Cc1c(O)ccc(N(C)C)c1C(C)(C)C. The molecule has 0 bridgehead atoms. The molecule has 1 aromatic rings. The summed E-state index contributed by atoms with van der Waals surface area (Å²) in [4.78, 5) is 2.09. The molecule has 0 aliphatic carbocycles. The Hall–Kier alpha value is -1.18. The van der Waals surface area contributed by atoms with Crippen LogP contribution in [0.15, 0.2) is 12.1 Å². The first-order chi connectivity index (χ1) is 6.75. The summed E-state index contributed by atoms with van der Waals surface area (Å²) in [6.07, 6.45) is 0. The molecule has 1 rings (SSSR count). The Labute approximate surface area is 92.5 Å². The fraction of sp³-hybridized carbons (Fsp3) is 0.538. The Morgan fingerprint density at radius 2 is 1.67 bits per heavy atom. The van der Waals surface area contributed by atoms with Crippen LogP contribution in [0.25, 0.3) is 0 Å². The molecule has 1 N–H and O–H groups in total. The lowest BCUT2D eigenvalue weighted by Crippen LogP contribution is -2.20. The van der Waals surface area contributed by atoms with Crippen LogP contribution in [0.4, 0.5) is 5.69 Å². The molecule has 84 valence electrons. The van der Waals surface area contributed by atoms with Crippen LogP contribution in [-0.2, 0) is 5.41 Å². The molecule has 1 aromatic carbocycles. The molecule has 0 spiro atoms. The lowest BCUT2D eigenvalue weighted by molar-refractivity contribution is 0.465. The van der Waals surface area contributed by atoms with E-state index in [1.165, 1.54) is 11.3 Å². The van der Waals surface area contributed by atoms with Gasteiger partial charge in [-0.25, -0.2) is 0 Å². The third kappa shape index (κ3) is 2.25. The first kappa shape index (κ1) is 11.9. The molecule has 0 heterocycles. The average molecular weight is 207 g/mol. The Morgan fingerprint density at radius 1 is 1.13 bits per heavy atom. The third-order valence-corrected chi connectivity index (χ3v) is 2.65. The van der Waals surface area contributed by atoms with Gasteiger partial charge in [0.25, 0.3) is 0 Å². The van der Waals surface area contributed by atoms with Crippen LogP contribution in [0.2, 0.25) is 0 Å². The van der Waals surface area contributed by atoms with Gasteiger partial charge in [-0.15, -0.1) is 0 Å². The molecule has 0 atom stereocenters. The molecule has 0 saturated heterocycles. The average Bonchev–Trinajstić information content (AvgIpc) is 2.06. The highest BCUT2D eigenvalue weighted by Gasteiger charge is 2.22. The standard InChI is InChI=1S/C13H21NO/c1-9-11(15)8-7-10(14(5)6)12(9)13(2,3)4/h7-8,15H,1-6H3. The maximum absolute atomic E-state index is 9.75. The van der Waals surface area contributed by atoms with E-state index in [0.29, 0.717) is 5.75 Å². The van der Waals surface area contributed by atoms with E-state index in [1.54, 1.807) is 6.07 Å². The number of phenolic OH excluding ortho intramolecular Hbond substituents is 1. The van der Waals surface area contributed by atoms with Gasteiger partial charge in [-0.3, -0.25) is 0 Å². The predicted molar refractivity (Wildman–Crippen MR) is 65.9 cm³/mol. The fourth-order valence-corrected chi connectivity index (χ4v) is 2.01. The van der Waals surface area contributed by atoms with Crippen LogP contribution in [-0.4, -0.2) is 19.2 Å². The van der Waals surface area contributed by atoms with Gasteiger partial charge in [-0.05, 0) is 35.6 Å². The minimum absolute atomic E-state index is 0.0441. The summed E-state index contributed by atoms with van der Waals surface area (Å²) in [6.45, 7) is 8.48. The van der Waals surface area contributed by atoms with E-state index >= 15 is 0 Å². The molecule has 0 amide bonds. The highest BCUT2D eigenvalue weighted by molar-refractivity contribution is 5.62. The smallest absolute Gasteiger partial charge is 0.118 e. The highest BCUT2D eigenvalue weighted by Crippen LogP contribution is 2.37. The molecule has 2 heteroatoms. The van der Waals surface area contributed by atoms with Crippen LogP contribution in [0.3, 0.4) is 0 Å². The summed E-state index contributed by atoms with van der Waals surface area (Å²) in [5.74, 6) is 0.380. The monoisotopic (exact) mass is 207 g/mol. The zero-order valence-corrected chi connectivity index (χ0v) is 10.5. The molecule has 0 radical (unpaired) electrons. The topological polar surface area (TPSA) is 23.5 Å². The lowest BCUT2D eigenvalue weighted by Gasteiger charge is -2.29. The maximum atomic E-state index is 9.75. The van der Waals surface area contributed by atoms with Gasteiger partial charge in [-0.2, -0.15) is 0 Å². The van der Waals surface area contributed by atoms with Gasteiger partial charge in [0.05, 0.1) is 0 Å². The van der Waals surface area contributed by atoms with Crippen LogP contribution in [0, 0.1) is 6.92 Å². The van der Waals surface area contributed by atoms with E-state index in [1.807, 2.05) is 27.1 Å². The Morgan fingerprint density at radius 3 is 2.07 bits per heavy atom. The molecule has 2 nitrogen and oxygen atoms in total. The summed E-state index contributed by atoms with van der Waals surface area (Å²) >= 11 is 0. The van der Waals surface area contributed by atoms with Crippen LogP contribution < -0.4 is 4.90 Å². The van der Waals surface area contributed by atoms with Crippen molar-refractivity contribution in [2.75, 3.05) is 19.0 Å². The van der Waals surface area contributed by atoms with E-state index in [4.69, 9.17) is 0 Å². The number of phenols is 1. The van der Waals surface area contributed by atoms with E-state index in [0.717, 1.165) is 5.56 Å². The Bertz CT molecular complexity index is 362. The molecule has 0 saturated carbocycles. The van der Waals surface area contributed by atoms with Crippen molar-refractivity contribution in [1.29, 1.82) is 0 Å². The van der Waals surface area contributed by atoms with E-state index in [2.05, 4.69) is 25.7 Å². The highest BCUT2D eigenvalue weighted by atomic mass is 16.3. The number of benzene rings is 1. The molecule has 0 fully saturated rings. The van der Waals surface area contributed by atoms with Crippen molar-refractivity contribution < 1.29 is 5.11 Å². The summed E-state index contributed by atoms with van der Waals surface area (Å²) in [5.41, 5.74) is 3.42. The minimum atomic E-state index is 0.0441. The van der Waals surface area contributed by atoms with Crippen molar-refractivity contribution in [2.24, 2.45) is 0 Å². The first-order valence-corrected chi connectivity index (χ1v) is 5.25. The zero-order chi connectivity index (χ0) is 11.8. The molecule has 0 aliphatic heterocycles. The largest absolute Gasteiger partial charge is 0.508 e. The van der Waals surface area contributed by atoms with Gasteiger partial charge < -0.3 is 10.0 Å². The number of nitrogens with zero attached hydrogens (tertiary/aromatic N) is 1. The van der Waals surface area contributed by atoms with Crippen molar-refractivity contribution in [3.05, 3.63) is 23.3 Å². The summed E-state index contributed by atoms with van der Waals surface area (Å²) in [6, 6.07) is 3.74. The molecule has 15 heavy (non-hydrogen) atoms. The first-order valence-electron chi connectivity index (χ1n) is 5.25. The second kappa shape index (κ2) is 3.76. The number of anilines is 1. The van der Waals surface area contributed by atoms with Crippen LogP contribution in [0.1, 0.15) is 31.9 Å². The van der Waals surface area contributed by atoms with E-state index < -0.39 is 0 Å². The quantitative estimate of drug-likeness (QED) is 0.765. The van der Waals surface area contributed by atoms with Crippen molar-refractivity contribution in [2.45, 2.75) is 33.1 Å². The second-order valence-corrected chi connectivity index (χ2v) is 5.25. The second-order valence-electron chi connectivity index (χ2n) is 5.25. The number of rotatable bonds is 1. The lowest BCUT2D eigenvalue weighted by atomic mass is 9.82. The zero-order valence-electron chi connectivity index (χ0n) is 10.5. The molecular formula is C13H21NO. The Kier molecular flexibility index (Phi) is 2.98. The number of hydrogen-bond donors (Lipinski definition) is 1. The molecule has 0 unspecified atom stereocenters. The summed E-state index contributed by atoms with van der Waals surface area (Å²) in [5, 5.41) is 9.75. The summed E-state index contributed by atoms with van der Waals surface area (Å²) < 4.78 is 0. The number of hydrogen-bond acceptors (Lipinski definition) is 2. The Balaban J connectivity index is 3.49.